The summed E-state index contributed by atoms with van der Waals surface area (Å²) in [6, 6.07) is 7.38. The second-order valence-corrected chi connectivity index (χ2v) is 5.13. The lowest BCUT2D eigenvalue weighted by atomic mass is 10.2. The highest BCUT2D eigenvalue weighted by Gasteiger charge is 2.14. The Morgan fingerprint density at radius 3 is 2.48 bits per heavy atom. The van der Waals surface area contributed by atoms with E-state index in [1.807, 2.05) is 18.2 Å². The number of carbonyl (C=O) groups excluding carboxylic acids is 1. The highest BCUT2D eigenvalue weighted by Crippen LogP contribution is 2.15. The molecule has 5 heteroatoms. The molecule has 4 nitrogen and oxygen atoms in total. The van der Waals surface area contributed by atoms with Gasteiger partial charge in [0.1, 0.15) is 5.75 Å². The fourth-order valence-electron chi connectivity index (χ4n) is 2.51. The number of hydrogen-bond donors (Lipinski definition) is 0. The lowest BCUT2D eigenvalue weighted by molar-refractivity contribution is 0.111. The standard InChI is InChI=1S/C16H24N2O2.ClH/c1-2-17-9-11-18(12-10-17)8-5-13-20-16-7-4-3-6-15(16)14-19;/h3-4,6-7,14H,2,5,8-13H2,1H3;1H. The van der Waals surface area contributed by atoms with E-state index >= 15 is 0 Å². The van der Waals surface area contributed by atoms with Gasteiger partial charge in [0, 0.05) is 32.7 Å². The Morgan fingerprint density at radius 2 is 1.81 bits per heavy atom. The van der Waals surface area contributed by atoms with Crippen molar-refractivity contribution in [2.45, 2.75) is 13.3 Å². The van der Waals surface area contributed by atoms with Gasteiger partial charge in [0.05, 0.1) is 12.2 Å². The van der Waals surface area contributed by atoms with Gasteiger partial charge in [-0.25, -0.2) is 0 Å². The Morgan fingerprint density at radius 1 is 1.14 bits per heavy atom. The van der Waals surface area contributed by atoms with Gasteiger partial charge in [-0.05, 0) is 25.1 Å². The van der Waals surface area contributed by atoms with Crippen LogP contribution in [0.2, 0.25) is 0 Å². The lowest BCUT2D eigenvalue weighted by Gasteiger charge is -2.33. The van der Waals surface area contributed by atoms with Gasteiger partial charge in [0.25, 0.3) is 0 Å². The third-order valence-corrected chi connectivity index (χ3v) is 3.83. The molecule has 1 fully saturated rings. The number of hydrogen-bond acceptors (Lipinski definition) is 4. The maximum atomic E-state index is 10.9. The molecule has 0 atom stereocenters. The molecule has 0 spiro atoms. The molecule has 1 aliphatic rings. The molecule has 1 aliphatic heterocycles. The van der Waals surface area contributed by atoms with Crippen LogP contribution in [0.3, 0.4) is 0 Å². The number of ether oxygens (including phenoxy) is 1. The summed E-state index contributed by atoms with van der Waals surface area (Å²) < 4.78 is 5.69. The SMILES string of the molecule is CCN1CCN(CCCOc2ccccc2C=O)CC1.Cl. The third kappa shape index (κ3) is 5.65. The van der Waals surface area contributed by atoms with E-state index in [1.54, 1.807) is 6.07 Å². The first-order valence-electron chi connectivity index (χ1n) is 7.45. The van der Waals surface area contributed by atoms with Gasteiger partial charge >= 0.3 is 0 Å². The Balaban J connectivity index is 0.00000220. The molecule has 0 amide bonds. The van der Waals surface area contributed by atoms with Crippen LogP contribution in [-0.4, -0.2) is 62.0 Å². The average Bonchev–Trinajstić information content (AvgIpc) is 2.52. The second kappa shape index (κ2) is 9.77. The van der Waals surface area contributed by atoms with Crippen LogP contribution in [0.4, 0.5) is 0 Å². The molecule has 0 bridgehead atoms. The monoisotopic (exact) mass is 312 g/mol. The van der Waals surface area contributed by atoms with Crippen LogP contribution in [0.15, 0.2) is 24.3 Å². The Bertz CT molecular complexity index is 420. The highest BCUT2D eigenvalue weighted by molar-refractivity contribution is 5.85. The normalized spacial score (nSPS) is 16.2. The Kier molecular flexibility index (Phi) is 8.35. The van der Waals surface area contributed by atoms with Crippen molar-refractivity contribution in [1.29, 1.82) is 0 Å². The number of rotatable bonds is 7. The molecule has 1 heterocycles. The van der Waals surface area contributed by atoms with E-state index in [0.29, 0.717) is 17.9 Å². The molecule has 0 saturated carbocycles. The summed E-state index contributed by atoms with van der Waals surface area (Å²) in [5.41, 5.74) is 0.629. The predicted molar refractivity (Wildman–Crippen MR) is 87.7 cm³/mol. The minimum Gasteiger partial charge on any atom is -0.493 e. The van der Waals surface area contributed by atoms with Crippen LogP contribution in [0.1, 0.15) is 23.7 Å². The minimum atomic E-state index is 0. The van der Waals surface area contributed by atoms with Crippen molar-refractivity contribution in [2.75, 3.05) is 45.9 Å². The smallest absolute Gasteiger partial charge is 0.153 e. The molecule has 0 aliphatic carbocycles. The highest BCUT2D eigenvalue weighted by atomic mass is 35.5. The summed E-state index contributed by atoms with van der Waals surface area (Å²) in [7, 11) is 0. The number of nitrogens with zero attached hydrogens (tertiary/aromatic N) is 2. The van der Waals surface area contributed by atoms with Gasteiger partial charge in [-0.3, -0.25) is 4.79 Å². The predicted octanol–water partition coefficient (Wildman–Crippen LogP) is 2.33. The zero-order valence-corrected chi connectivity index (χ0v) is 13.5. The van der Waals surface area contributed by atoms with Crippen molar-refractivity contribution in [2.24, 2.45) is 0 Å². The minimum absolute atomic E-state index is 0. The molecule has 1 aromatic rings. The Hall–Kier alpha value is -1.10. The van der Waals surface area contributed by atoms with Crippen molar-refractivity contribution in [1.82, 2.24) is 9.80 Å². The van der Waals surface area contributed by atoms with Crippen LogP contribution in [0, 0.1) is 0 Å². The van der Waals surface area contributed by atoms with Crippen LogP contribution in [0.25, 0.3) is 0 Å². The number of piperazine rings is 1. The van der Waals surface area contributed by atoms with Crippen molar-refractivity contribution in [3.8, 4) is 5.75 Å². The summed E-state index contributed by atoms with van der Waals surface area (Å²) in [4.78, 5) is 15.8. The van der Waals surface area contributed by atoms with E-state index in [4.69, 9.17) is 4.74 Å². The fraction of sp³-hybridized carbons (Fsp3) is 0.562. The second-order valence-electron chi connectivity index (χ2n) is 5.13. The van der Waals surface area contributed by atoms with Gasteiger partial charge in [0.2, 0.25) is 0 Å². The molecule has 21 heavy (non-hydrogen) atoms. The molecule has 1 aromatic carbocycles. The molecular formula is C16H25ClN2O2. The van der Waals surface area contributed by atoms with E-state index in [9.17, 15) is 4.79 Å². The molecule has 0 aromatic heterocycles. The first-order chi connectivity index (χ1) is 9.83. The van der Waals surface area contributed by atoms with Crippen molar-refractivity contribution < 1.29 is 9.53 Å². The first-order valence-corrected chi connectivity index (χ1v) is 7.45. The molecule has 0 N–H and O–H groups in total. The number of carbonyl (C=O) groups is 1. The van der Waals surface area contributed by atoms with Crippen molar-refractivity contribution in [3.05, 3.63) is 29.8 Å². The number of para-hydroxylation sites is 1. The molecule has 0 radical (unpaired) electrons. The number of benzene rings is 1. The Labute approximate surface area is 133 Å². The van der Waals surface area contributed by atoms with Crippen LogP contribution in [0.5, 0.6) is 5.75 Å². The van der Waals surface area contributed by atoms with E-state index in [2.05, 4.69) is 16.7 Å². The first kappa shape index (κ1) is 18.0. The van der Waals surface area contributed by atoms with Gasteiger partial charge in [-0.1, -0.05) is 19.1 Å². The molecule has 0 unspecified atom stereocenters. The van der Waals surface area contributed by atoms with Crippen LogP contribution in [-0.2, 0) is 0 Å². The average molecular weight is 313 g/mol. The topological polar surface area (TPSA) is 32.8 Å². The number of aldehydes is 1. The van der Waals surface area contributed by atoms with E-state index < -0.39 is 0 Å². The zero-order chi connectivity index (χ0) is 14.2. The summed E-state index contributed by atoms with van der Waals surface area (Å²) in [6.45, 7) is 9.75. The van der Waals surface area contributed by atoms with Gasteiger partial charge in [-0.15, -0.1) is 12.4 Å². The summed E-state index contributed by atoms with van der Waals surface area (Å²) >= 11 is 0. The van der Waals surface area contributed by atoms with Gasteiger partial charge < -0.3 is 14.5 Å². The van der Waals surface area contributed by atoms with Crippen molar-refractivity contribution in [3.63, 3.8) is 0 Å². The number of likely N-dealkylation sites (N-methyl/N-ethyl adjacent to an activating group) is 1. The largest absolute Gasteiger partial charge is 0.493 e. The van der Waals surface area contributed by atoms with Crippen LogP contribution < -0.4 is 4.74 Å². The van der Waals surface area contributed by atoms with Gasteiger partial charge in [0.15, 0.2) is 6.29 Å². The van der Waals surface area contributed by atoms with E-state index in [-0.39, 0.29) is 12.4 Å². The maximum Gasteiger partial charge on any atom is 0.153 e. The van der Waals surface area contributed by atoms with Crippen LogP contribution >= 0.6 is 12.4 Å². The zero-order valence-electron chi connectivity index (χ0n) is 12.7. The molecular weight excluding hydrogens is 288 g/mol. The van der Waals surface area contributed by atoms with E-state index in [1.165, 1.54) is 13.1 Å². The van der Waals surface area contributed by atoms with Gasteiger partial charge in [-0.2, -0.15) is 0 Å². The summed E-state index contributed by atoms with van der Waals surface area (Å²) in [5, 5.41) is 0. The maximum absolute atomic E-state index is 10.9. The lowest BCUT2D eigenvalue weighted by Crippen LogP contribution is -2.46. The molecule has 118 valence electrons. The summed E-state index contributed by atoms with van der Waals surface area (Å²) in [5.74, 6) is 0.693. The number of halogens is 1. The third-order valence-electron chi connectivity index (χ3n) is 3.83. The molecule has 2 rings (SSSR count). The summed E-state index contributed by atoms with van der Waals surface area (Å²) in [6.07, 6.45) is 1.85. The fourth-order valence-corrected chi connectivity index (χ4v) is 2.51. The quantitative estimate of drug-likeness (QED) is 0.571. The molecule has 1 saturated heterocycles. The van der Waals surface area contributed by atoms with E-state index in [0.717, 1.165) is 38.9 Å². The van der Waals surface area contributed by atoms with Crippen molar-refractivity contribution >= 4 is 18.7 Å².